The minimum absolute atomic E-state index is 0.162. The highest BCUT2D eigenvalue weighted by Gasteiger charge is 2.13. The maximum absolute atomic E-state index is 6.28. The molecule has 0 amide bonds. The molecule has 0 aliphatic rings. The van der Waals surface area contributed by atoms with Crippen molar-refractivity contribution in [3.8, 4) is 0 Å². The molecular weight excluding hydrogens is 382 g/mol. The Bertz CT molecular complexity index is 875. The molecule has 7 nitrogen and oxygen atoms in total. The first-order chi connectivity index (χ1) is 11.9. The number of hydrogen-bond acceptors (Lipinski definition) is 6. The molecular formula is C17H22BrN7. The third kappa shape index (κ3) is 4.08. The van der Waals surface area contributed by atoms with Gasteiger partial charge in [-0.2, -0.15) is 15.1 Å². The first-order valence-electron chi connectivity index (χ1n) is 8.15. The summed E-state index contributed by atoms with van der Waals surface area (Å²) in [5.74, 6) is 1.30. The van der Waals surface area contributed by atoms with Gasteiger partial charge in [-0.1, -0.05) is 28.1 Å². The monoisotopic (exact) mass is 403 g/mol. The minimum atomic E-state index is -0.162. The van der Waals surface area contributed by atoms with E-state index in [1.54, 1.807) is 10.9 Å². The van der Waals surface area contributed by atoms with Crippen LogP contribution in [-0.4, -0.2) is 32.3 Å². The van der Waals surface area contributed by atoms with Crippen molar-refractivity contribution in [1.82, 2.24) is 19.7 Å². The highest BCUT2D eigenvalue weighted by Crippen LogP contribution is 2.22. The summed E-state index contributed by atoms with van der Waals surface area (Å²) in [5, 5.41) is 11.8. The highest BCUT2D eigenvalue weighted by molar-refractivity contribution is 9.10. The van der Waals surface area contributed by atoms with Crippen molar-refractivity contribution in [3.05, 3.63) is 40.5 Å². The summed E-state index contributed by atoms with van der Waals surface area (Å²) in [6.45, 7) is 4.67. The summed E-state index contributed by atoms with van der Waals surface area (Å²) in [5.41, 5.74) is 8.10. The Morgan fingerprint density at radius 1 is 1.28 bits per heavy atom. The van der Waals surface area contributed by atoms with Crippen molar-refractivity contribution in [2.75, 3.05) is 17.2 Å². The number of halogens is 1. The average Bonchev–Trinajstić information content (AvgIpc) is 2.94. The summed E-state index contributed by atoms with van der Waals surface area (Å²) in [7, 11) is 1.87. The van der Waals surface area contributed by atoms with Crippen LogP contribution in [0, 0.1) is 0 Å². The zero-order valence-electron chi connectivity index (χ0n) is 14.5. The normalized spacial score (nSPS) is 12.6. The predicted octanol–water partition coefficient (Wildman–Crippen LogP) is 3.06. The average molecular weight is 404 g/mol. The molecule has 0 aliphatic carbocycles. The van der Waals surface area contributed by atoms with Crippen LogP contribution in [0.3, 0.4) is 0 Å². The summed E-state index contributed by atoms with van der Waals surface area (Å²) in [6, 6.07) is 8.08. The number of aromatic nitrogens is 4. The van der Waals surface area contributed by atoms with E-state index in [1.165, 1.54) is 0 Å². The first kappa shape index (κ1) is 17.6. The van der Waals surface area contributed by atoms with E-state index < -0.39 is 0 Å². The van der Waals surface area contributed by atoms with Crippen molar-refractivity contribution in [1.29, 1.82) is 0 Å². The molecule has 132 valence electrons. The third-order valence-corrected chi connectivity index (χ3v) is 4.27. The van der Waals surface area contributed by atoms with E-state index >= 15 is 0 Å². The molecule has 1 atom stereocenters. The van der Waals surface area contributed by atoms with Crippen molar-refractivity contribution in [3.63, 3.8) is 0 Å². The molecule has 1 unspecified atom stereocenters. The molecule has 0 saturated heterocycles. The number of nitrogens with one attached hydrogen (secondary N) is 2. The van der Waals surface area contributed by atoms with Gasteiger partial charge in [-0.05, 0) is 31.5 Å². The number of rotatable bonds is 6. The maximum Gasteiger partial charge on any atom is 0.226 e. The minimum Gasteiger partial charge on any atom is -0.367 e. The van der Waals surface area contributed by atoms with E-state index in [1.807, 2.05) is 31.3 Å². The van der Waals surface area contributed by atoms with Crippen molar-refractivity contribution in [2.24, 2.45) is 12.8 Å². The second kappa shape index (κ2) is 7.37. The molecule has 8 heteroatoms. The van der Waals surface area contributed by atoms with E-state index in [0.717, 1.165) is 26.9 Å². The molecule has 1 aromatic carbocycles. The van der Waals surface area contributed by atoms with Gasteiger partial charge in [0.05, 0.1) is 11.6 Å². The van der Waals surface area contributed by atoms with Crippen LogP contribution in [0.15, 0.2) is 34.9 Å². The van der Waals surface area contributed by atoms with Crippen LogP contribution < -0.4 is 16.4 Å². The van der Waals surface area contributed by atoms with Gasteiger partial charge in [0.15, 0.2) is 5.65 Å². The lowest BCUT2D eigenvalue weighted by atomic mass is 10.1. The topological polar surface area (TPSA) is 93.7 Å². The zero-order valence-corrected chi connectivity index (χ0v) is 16.1. The van der Waals surface area contributed by atoms with Crippen LogP contribution >= 0.6 is 15.9 Å². The van der Waals surface area contributed by atoms with Crippen LogP contribution in [0.4, 0.5) is 11.8 Å². The largest absolute Gasteiger partial charge is 0.367 e. The second-order valence-electron chi connectivity index (χ2n) is 6.24. The van der Waals surface area contributed by atoms with Gasteiger partial charge in [-0.15, -0.1) is 0 Å². The van der Waals surface area contributed by atoms with Gasteiger partial charge in [0.2, 0.25) is 5.95 Å². The number of nitrogens with zero attached hydrogens (tertiary/aromatic N) is 4. The maximum atomic E-state index is 6.28. The number of benzene rings is 1. The van der Waals surface area contributed by atoms with Crippen LogP contribution in [0.2, 0.25) is 0 Å². The Morgan fingerprint density at radius 3 is 2.80 bits per heavy atom. The molecule has 0 spiro atoms. The van der Waals surface area contributed by atoms with Crippen molar-refractivity contribution in [2.45, 2.75) is 25.9 Å². The highest BCUT2D eigenvalue weighted by atomic mass is 79.9. The molecule has 0 bridgehead atoms. The molecule has 3 aromatic rings. The van der Waals surface area contributed by atoms with Crippen molar-refractivity contribution >= 4 is 38.7 Å². The van der Waals surface area contributed by atoms with Gasteiger partial charge in [-0.3, -0.25) is 4.68 Å². The Kier molecular flexibility index (Phi) is 5.19. The Hall–Kier alpha value is -2.19. The van der Waals surface area contributed by atoms with E-state index in [0.29, 0.717) is 12.5 Å². The van der Waals surface area contributed by atoms with Gasteiger partial charge < -0.3 is 16.4 Å². The number of hydrogen-bond donors (Lipinski definition) is 3. The molecule has 25 heavy (non-hydrogen) atoms. The fourth-order valence-corrected chi connectivity index (χ4v) is 2.96. The molecule has 0 saturated carbocycles. The fraction of sp³-hybridized carbons (Fsp3) is 0.353. The first-order valence-corrected chi connectivity index (χ1v) is 8.94. The van der Waals surface area contributed by atoms with Gasteiger partial charge >= 0.3 is 0 Å². The second-order valence-corrected chi connectivity index (χ2v) is 7.16. The Labute approximate surface area is 155 Å². The predicted molar refractivity (Wildman–Crippen MR) is 105 cm³/mol. The summed E-state index contributed by atoms with van der Waals surface area (Å²) in [4.78, 5) is 9.15. The van der Waals surface area contributed by atoms with E-state index in [2.05, 4.69) is 55.5 Å². The SMILES string of the molecule is CC(C)Nc1nc(NCC(N)c2cccc(Br)c2)nc2c1cnn2C. The van der Waals surface area contributed by atoms with Gasteiger partial charge in [0, 0.05) is 30.1 Å². The zero-order chi connectivity index (χ0) is 18.0. The molecule has 0 aliphatic heterocycles. The lowest BCUT2D eigenvalue weighted by Crippen LogP contribution is -2.22. The molecule has 2 aromatic heterocycles. The van der Waals surface area contributed by atoms with Crippen LogP contribution in [0.5, 0.6) is 0 Å². The fourth-order valence-electron chi connectivity index (χ4n) is 2.54. The van der Waals surface area contributed by atoms with Gasteiger partial charge in [-0.25, -0.2) is 0 Å². The summed E-state index contributed by atoms with van der Waals surface area (Å²) in [6.07, 6.45) is 1.77. The van der Waals surface area contributed by atoms with Gasteiger partial charge in [0.25, 0.3) is 0 Å². The summed E-state index contributed by atoms with van der Waals surface area (Å²) < 4.78 is 2.75. The van der Waals surface area contributed by atoms with Crippen LogP contribution in [0.1, 0.15) is 25.5 Å². The molecule has 0 radical (unpaired) electrons. The van der Waals surface area contributed by atoms with Crippen molar-refractivity contribution < 1.29 is 0 Å². The standard InChI is InChI=1S/C17H22BrN7/c1-10(2)22-15-13-8-21-25(3)16(13)24-17(23-15)20-9-14(19)11-5-4-6-12(18)7-11/h4-8,10,14H,9,19H2,1-3H3,(H2,20,22,23,24). The molecule has 0 fully saturated rings. The molecule has 4 N–H and O–H groups in total. The van der Waals surface area contributed by atoms with E-state index in [-0.39, 0.29) is 12.1 Å². The van der Waals surface area contributed by atoms with E-state index in [4.69, 9.17) is 5.73 Å². The molecule has 3 rings (SSSR count). The lowest BCUT2D eigenvalue weighted by molar-refractivity contribution is 0.755. The number of nitrogens with two attached hydrogens (primary N) is 1. The Morgan fingerprint density at radius 2 is 2.08 bits per heavy atom. The smallest absolute Gasteiger partial charge is 0.226 e. The van der Waals surface area contributed by atoms with Crippen LogP contribution in [0.25, 0.3) is 11.0 Å². The van der Waals surface area contributed by atoms with Crippen LogP contribution in [-0.2, 0) is 7.05 Å². The summed E-state index contributed by atoms with van der Waals surface area (Å²) >= 11 is 3.47. The Balaban J connectivity index is 1.82. The third-order valence-electron chi connectivity index (χ3n) is 3.77. The quantitative estimate of drug-likeness (QED) is 0.585. The number of anilines is 2. The molecule has 2 heterocycles. The van der Waals surface area contributed by atoms with E-state index in [9.17, 15) is 0 Å². The number of aryl methyl sites for hydroxylation is 1. The number of fused-ring (bicyclic) bond motifs is 1. The lowest BCUT2D eigenvalue weighted by Gasteiger charge is -2.15. The van der Waals surface area contributed by atoms with Gasteiger partial charge in [0.1, 0.15) is 5.82 Å².